The van der Waals surface area contributed by atoms with Crippen LogP contribution >= 0.6 is 0 Å². The van der Waals surface area contributed by atoms with Gasteiger partial charge in [-0.3, -0.25) is 19.3 Å². The lowest BCUT2D eigenvalue weighted by Gasteiger charge is -2.27. The van der Waals surface area contributed by atoms with Crippen molar-refractivity contribution in [2.24, 2.45) is 0 Å². The molecule has 9 nitrogen and oxygen atoms in total. The number of carbonyl (C=O) groups is 3. The summed E-state index contributed by atoms with van der Waals surface area (Å²) in [4.78, 5) is 38.7. The highest BCUT2D eigenvalue weighted by molar-refractivity contribution is 6.19. The fraction of sp³-hybridized carbons (Fsp3) is 0.258. The molecule has 0 atom stereocenters. The number of nitriles is 1. The van der Waals surface area contributed by atoms with E-state index in [9.17, 15) is 19.6 Å². The number of para-hydroxylation sites is 1. The monoisotopic (exact) mass is 538 g/mol. The molecule has 9 heteroatoms. The Morgan fingerprint density at radius 2 is 1.85 bits per heavy atom. The van der Waals surface area contributed by atoms with E-state index in [4.69, 9.17) is 14.6 Å². The Labute approximate surface area is 232 Å². The van der Waals surface area contributed by atoms with Crippen LogP contribution in [-0.2, 0) is 19.1 Å². The minimum atomic E-state index is -0.660. The number of aromatic nitrogens is 2. The van der Waals surface area contributed by atoms with Crippen molar-refractivity contribution >= 4 is 23.9 Å². The van der Waals surface area contributed by atoms with Crippen LogP contribution in [0.2, 0.25) is 0 Å². The molecule has 0 saturated carbocycles. The van der Waals surface area contributed by atoms with Crippen molar-refractivity contribution in [1.82, 2.24) is 14.7 Å². The largest absolute Gasteiger partial charge is 0.494 e. The number of imide groups is 1. The average molecular weight is 539 g/mol. The Hall–Kier alpha value is -4.97. The zero-order valence-electron chi connectivity index (χ0n) is 22.9. The molecule has 1 aromatic heterocycles. The SMILES string of the molecule is CCOc1ccc(-c2nn(-c3ccccc3)cc2/C=C2/C(=O)N(CCCOC(C)=O)C(=O)C(C#N)=C2C)cc1C. The van der Waals surface area contributed by atoms with Gasteiger partial charge in [-0.25, -0.2) is 4.68 Å². The van der Waals surface area contributed by atoms with Crippen LogP contribution in [-0.4, -0.2) is 52.2 Å². The molecule has 0 saturated heterocycles. The lowest BCUT2D eigenvalue weighted by atomic mass is 9.93. The highest BCUT2D eigenvalue weighted by Crippen LogP contribution is 2.33. The fourth-order valence-electron chi connectivity index (χ4n) is 4.47. The topological polar surface area (TPSA) is 115 Å². The maximum absolute atomic E-state index is 13.6. The van der Waals surface area contributed by atoms with Gasteiger partial charge in [0.25, 0.3) is 11.8 Å². The maximum Gasteiger partial charge on any atom is 0.302 e. The van der Waals surface area contributed by atoms with E-state index in [0.717, 1.165) is 27.5 Å². The zero-order chi connectivity index (χ0) is 28.8. The highest BCUT2D eigenvalue weighted by Gasteiger charge is 2.35. The Morgan fingerprint density at radius 3 is 2.50 bits per heavy atom. The Balaban J connectivity index is 1.81. The minimum Gasteiger partial charge on any atom is -0.494 e. The van der Waals surface area contributed by atoms with Gasteiger partial charge < -0.3 is 9.47 Å². The molecule has 0 N–H and O–H groups in total. The van der Waals surface area contributed by atoms with Crippen LogP contribution in [0, 0.1) is 18.3 Å². The molecular formula is C31H30N4O5. The van der Waals surface area contributed by atoms with Crippen LogP contribution in [0.25, 0.3) is 23.0 Å². The van der Waals surface area contributed by atoms with Crippen molar-refractivity contribution in [2.45, 2.75) is 34.1 Å². The number of hydrogen-bond acceptors (Lipinski definition) is 7. The molecule has 204 valence electrons. The molecule has 0 radical (unpaired) electrons. The number of aryl methyl sites for hydroxylation is 1. The Bertz CT molecular complexity index is 1560. The van der Waals surface area contributed by atoms with Gasteiger partial charge >= 0.3 is 5.97 Å². The fourth-order valence-corrected chi connectivity index (χ4v) is 4.47. The van der Waals surface area contributed by atoms with Crippen molar-refractivity contribution in [3.8, 4) is 28.8 Å². The number of rotatable bonds is 9. The molecule has 4 rings (SSSR count). The number of hydrogen-bond donors (Lipinski definition) is 0. The third-order valence-corrected chi connectivity index (χ3v) is 6.47. The summed E-state index contributed by atoms with van der Waals surface area (Å²) in [5.74, 6) is -0.854. The molecule has 0 unspecified atom stereocenters. The molecule has 0 spiro atoms. The van der Waals surface area contributed by atoms with E-state index in [1.165, 1.54) is 6.92 Å². The smallest absolute Gasteiger partial charge is 0.302 e. The number of ether oxygens (including phenoxy) is 2. The van der Waals surface area contributed by atoms with Gasteiger partial charge in [-0.15, -0.1) is 0 Å². The first-order valence-electron chi connectivity index (χ1n) is 13.0. The summed E-state index contributed by atoms with van der Waals surface area (Å²) in [5.41, 5.74) is 4.28. The second-order valence-corrected chi connectivity index (χ2v) is 9.25. The molecule has 40 heavy (non-hydrogen) atoms. The average Bonchev–Trinajstić information content (AvgIpc) is 3.36. The van der Waals surface area contributed by atoms with Crippen LogP contribution in [0.4, 0.5) is 0 Å². The Kier molecular flexibility index (Phi) is 8.60. The predicted molar refractivity (Wildman–Crippen MR) is 149 cm³/mol. The first-order chi connectivity index (χ1) is 19.2. The van der Waals surface area contributed by atoms with Gasteiger partial charge in [0.15, 0.2) is 0 Å². The molecule has 0 fully saturated rings. The number of amides is 2. The summed E-state index contributed by atoms with van der Waals surface area (Å²) in [6.07, 6.45) is 3.75. The van der Waals surface area contributed by atoms with E-state index in [0.29, 0.717) is 23.4 Å². The van der Waals surface area contributed by atoms with Crippen LogP contribution in [0.3, 0.4) is 0 Å². The minimum absolute atomic E-state index is 0.00890. The molecule has 1 aliphatic rings. The highest BCUT2D eigenvalue weighted by atomic mass is 16.5. The summed E-state index contributed by atoms with van der Waals surface area (Å²) < 4.78 is 12.4. The van der Waals surface area contributed by atoms with E-state index in [-0.39, 0.29) is 30.7 Å². The number of esters is 1. The predicted octanol–water partition coefficient (Wildman–Crippen LogP) is 4.79. The van der Waals surface area contributed by atoms with Gasteiger partial charge in [0.1, 0.15) is 17.4 Å². The van der Waals surface area contributed by atoms with Gasteiger partial charge in [-0.2, -0.15) is 10.4 Å². The van der Waals surface area contributed by atoms with Gasteiger partial charge in [-0.05, 0) is 74.7 Å². The summed E-state index contributed by atoms with van der Waals surface area (Å²) in [6, 6.07) is 17.3. The molecule has 2 heterocycles. The molecule has 2 amide bonds. The van der Waals surface area contributed by atoms with E-state index in [1.54, 1.807) is 17.7 Å². The van der Waals surface area contributed by atoms with Gasteiger partial charge in [0, 0.05) is 36.4 Å². The first kappa shape index (κ1) is 28.0. The number of benzene rings is 2. The lowest BCUT2D eigenvalue weighted by molar-refractivity contribution is -0.141. The first-order valence-corrected chi connectivity index (χ1v) is 13.0. The van der Waals surface area contributed by atoms with Crippen LogP contribution in [0.15, 0.2) is 71.4 Å². The second kappa shape index (κ2) is 12.3. The number of nitrogens with zero attached hydrogens (tertiary/aromatic N) is 4. The normalized spacial score (nSPS) is 14.5. The van der Waals surface area contributed by atoms with E-state index < -0.39 is 17.8 Å². The van der Waals surface area contributed by atoms with Gasteiger partial charge in [-0.1, -0.05) is 18.2 Å². The quantitative estimate of drug-likeness (QED) is 0.166. The van der Waals surface area contributed by atoms with E-state index in [2.05, 4.69) is 0 Å². The molecule has 1 aliphatic heterocycles. The van der Waals surface area contributed by atoms with Crippen molar-refractivity contribution in [2.75, 3.05) is 19.8 Å². The molecule has 0 bridgehead atoms. The van der Waals surface area contributed by atoms with E-state index >= 15 is 0 Å². The third kappa shape index (κ3) is 5.86. The summed E-state index contributed by atoms with van der Waals surface area (Å²) in [7, 11) is 0. The molecular weight excluding hydrogens is 508 g/mol. The van der Waals surface area contributed by atoms with Crippen LogP contribution < -0.4 is 4.74 Å². The standard InChI is InChI=1S/C31H30N4O5/c1-5-39-28-13-12-23(16-20(28)2)29-24(19-35(33-29)25-10-7-6-8-11-25)17-26-21(3)27(18-32)31(38)34(30(26)37)14-9-15-40-22(4)36/h6-8,10-13,16-17,19H,5,9,14-15H2,1-4H3/b26-17+. The zero-order valence-corrected chi connectivity index (χ0v) is 22.9. The van der Waals surface area contributed by atoms with Gasteiger partial charge in [0.2, 0.25) is 0 Å². The lowest BCUT2D eigenvalue weighted by Crippen LogP contribution is -2.43. The van der Waals surface area contributed by atoms with Crippen molar-refractivity contribution in [3.63, 3.8) is 0 Å². The van der Waals surface area contributed by atoms with Crippen LogP contribution in [0.5, 0.6) is 5.75 Å². The molecule has 2 aromatic carbocycles. The van der Waals surface area contributed by atoms with Crippen LogP contribution in [0.1, 0.15) is 38.3 Å². The molecule has 0 aliphatic carbocycles. The summed E-state index contributed by atoms with van der Waals surface area (Å²) in [6.45, 7) is 7.38. The van der Waals surface area contributed by atoms with Crippen molar-refractivity contribution < 1.29 is 23.9 Å². The number of carbonyl (C=O) groups excluding carboxylic acids is 3. The maximum atomic E-state index is 13.6. The van der Waals surface area contributed by atoms with E-state index in [1.807, 2.05) is 74.6 Å². The Morgan fingerprint density at radius 1 is 1.10 bits per heavy atom. The third-order valence-electron chi connectivity index (χ3n) is 6.47. The summed E-state index contributed by atoms with van der Waals surface area (Å²) in [5, 5.41) is 14.6. The van der Waals surface area contributed by atoms with Crippen molar-refractivity contribution in [1.29, 1.82) is 5.26 Å². The summed E-state index contributed by atoms with van der Waals surface area (Å²) >= 11 is 0. The second-order valence-electron chi connectivity index (χ2n) is 9.25. The molecule has 3 aromatic rings. The van der Waals surface area contributed by atoms with Crippen molar-refractivity contribution in [3.05, 3.63) is 82.6 Å². The van der Waals surface area contributed by atoms with Gasteiger partial charge in [0.05, 0.1) is 24.6 Å².